The highest BCUT2D eigenvalue weighted by Crippen LogP contribution is 2.51. The Bertz CT molecular complexity index is 1990. The maximum atomic E-state index is 17.2. The molecule has 2 heterocycles. The van der Waals surface area contributed by atoms with Crippen molar-refractivity contribution < 1.29 is 37.2 Å². The summed E-state index contributed by atoms with van der Waals surface area (Å²) in [6.07, 6.45) is -4.57. The Morgan fingerprint density at radius 2 is 1.43 bits per heavy atom. The Balaban J connectivity index is 1.58. The molecule has 1 saturated heterocycles. The standard InChI is InChI=1S/C43H55FN3O9PS/c1-28(2)47(29(3)4)57(54-25-26-58-40(49)42(5,6)7)56-38-35(55-39(37(38)44)46-24-23-36(48)45-41(46)50)27-53-43(30-13-11-10-12-14-30,31-15-19-33(51-8)20-16-31)32-17-21-34(52-9)22-18-32/h10-24,28-29,35,37-39H,25-27H2,1-9H3,(H,45,48,50)/t35-,37+,38+,39-,57?/m1/s1. The molecule has 0 bridgehead atoms. The first-order valence-electron chi connectivity index (χ1n) is 19.3. The van der Waals surface area contributed by atoms with E-state index in [1.54, 1.807) is 14.2 Å². The number of nitrogens with one attached hydrogen (secondary N) is 1. The maximum absolute atomic E-state index is 17.2. The number of methoxy groups -OCH3 is 2. The van der Waals surface area contributed by atoms with Crippen molar-refractivity contribution >= 4 is 25.4 Å². The Kier molecular flexibility index (Phi) is 15.5. The van der Waals surface area contributed by atoms with Crippen LogP contribution in [0.2, 0.25) is 0 Å². The van der Waals surface area contributed by atoms with Crippen molar-refractivity contribution in [3.8, 4) is 11.5 Å². The highest BCUT2D eigenvalue weighted by molar-refractivity contribution is 8.13. The molecule has 1 unspecified atom stereocenters. The third kappa shape index (κ3) is 10.5. The number of alkyl halides is 1. The molecular weight excluding hydrogens is 785 g/mol. The zero-order chi connectivity index (χ0) is 42.2. The zero-order valence-electron chi connectivity index (χ0n) is 34.5. The summed E-state index contributed by atoms with van der Waals surface area (Å²) in [6, 6.07) is 25.7. The second-order valence-corrected chi connectivity index (χ2v) is 17.9. The van der Waals surface area contributed by atoms with Crippen molar-refractivity contribution in [3.63, 3.8) is 0 Å². The van der Waals surface area contributed by atoms with Gasteiger partial charge in [-0.25, -0.2) is 13.9 Å². The van der Waals surface area contributed by atoms with Crippen LogP contribution >= 0.6 is 20.3 Å². The topological polar surface area (TPSA) is 131 Å². The van der Waals surface area contributed by atoms with Gasteiger partial charge in [-0.15, -0.1) is 0 Å². The maximum Gasteiger partial charge on any atom is 0.330 e. The molecule has 0 saturated carbocycles. The Morgan fingerprint density at radius 3 is 1.93 bits per heavy atom. The van der Waals surface area contributed by atoms with Crippen molar-refractivity contribution in [3.05, 3.63) is 129 Å². The molecular formula is C43H55FN3O9PS. The number of rotatable bonds is 18. The Labute approximate surface area is 345 Å². The number of benzene rings is 3. The van der Waals surface area contributed by atoms with Crippen molar-refractivity contribution in [1.29, 1.82) is 0 Å². The first kappa shape index (κ1) is 45.2. The number of carbonyl (C=O) groups is 1. The lowest BCUT2D eigenvalue weighted by atomic mass is 9.80. The largest absolute Gasteiger partial charge is 0.497 e. The number of H-pyrrole nitrogens is 1. The highest BCUT2D eigenvalue weighted by atomic mass is 32.2. The quantitative estimate of drug-likeness (QED) is 0.0598. The lowest BCUT2D eigenvalue weighted by molar-refractivity contribution is -0.117. The van der Waals surface area contributed by atoms with Crippen LogP contribution in [0.4, 0.5) is 4.39 Å². The van der Waals surface area contributed by atoms with Gasteiger partial charge in [0.05, 0.1) is 27.4 Å². The van der Waals surface area contributed by atoms with Crippen molar-refractivity contribution in [2.24, 2.45) is 5.41 Å². The Hall–Kier alpha value is -3.88. The van der Waals surface area contributed by atoms with Gasteiger partial charge in [-0.3, -0.25) is 19.1 Å². The summed E-state index contributed by atoms with van der Waals surface area (Å²) in [5.41, 5.74) is -0.964. The van der Waals surface area contributed by atoms with E-state index in [4.69, 9.17) is 28.0 Å². The third-order valence-electron chi connectivity index (χ3n) is 9.62. The van der Waals surface area contributed by atoms with Gasteiger partial charge in [0.2, 0.25) is 0 Å². The smallest absolute Gasteiger partial charge is 0.330 e. The Morgan fingerprint density at radius 1 is 0.879 bits per heavy atom. The van der Waals surface area contributed by atoms with E-state index in [0.717, 1.165) is 27.3 Å². The summed E-state index contributed by atoms with van der Waals surface area (Å²) in [7, 11) is 1.24. The minimum atomic E-state index is -1.95. The summed E-state index contributed by atoms with van der Waals surface area (Å²) in [4.78, 5) is 40.0. The molecule has 4 aromatic rings. The van der Waals surface area contributed by atoms with Crippen LogP contribution in [0.1, 0.15) is 71.4 Å². The van der Waals surface area contributed by atoms with Crippen molar-refractivity contribution in [2.75, 3.05) is 33.2 Å². The van der Waals surface area contributed by atoms with Gasteiger partial charge in [-0.1, -0.05) is 87.1 Å². The lowest BCUT2D eigenvalue weighted by Crippen LogP contribution is -2.41. The first-order valence-corrected chi connectivity index (χ1v) is 21.4. The minimum absolute atomic E-state index is 0.0287. The molecule has 15 heteroatoms. The molecule has 1 aliphatic heterocycles. The third-order valence-corrected chi connectivity index (χ3v) is 13.0. The predicted octanol–water partition coefficient (Wildman–Crippen LogP) is 7.85. The summed E-state index contributed by atoms with van der Waals surface area (Å²) >= 11 is 1.18. The predicted molar refractivity (Wildman–Crippen MR) is 225 cm³/mol. The molecule has 0 aliphatic carbocycles. The molecule has 314 valence electrons. The summed E-state index contributed by atoms with van der Waals surface area (Å²) in [5.74, 6) is 1.67. The molecule has 5 atom stereocenters. The lowest BCUT2D eigenvalue weighted by Gasteiger charge is -2.39. The van der Waals surface area contributed by atoms with Crippen molar-refractivity contribution in [2.45, 2.75) is 90.8 Å². The second kappa shape index (κ2) is 19.9. The number of aromatic nitrogens is 2. The number of thioether (sulfide) groups is 1. The summed E-state index contributed by atoms with van der Waals surface area (Å²) < 4.78 is 57.9. The number of carbonyl (C=O) groups excluding carboxylic acids is 1. The van der Waals surface area contributed by atoms with Gasteiger partial charge in [-0.05, 0) is 68.7 Å². The van der Waals surface area contributed by atoms with Gasteiger partial charge in [0, 0.05) is 35.5 Å². The number of hydrogen-bond donors (Lipinski definition) is 1. The van der Waals surface area contributed by atoms with Crippen LogP contribution in [0, 0.1) is 5.41 Å². The van der Waals surface area contributed by atoms with Crippen LogP contribution in [-0.2, 0) is 28.9 Å². The average molecular weight is 840 g/mol. The van der Waals surface area contributed by atoms with Crippen LogP contribution < -0.4 is 20.7 Å². The van der Waals surface area contributed by atoms with Gasteiger partial charge >= 0.3 is 5.69 Å². The van der Waals surface area contributed by atoms with E-state index in [-0.39, 0.29) is 30.4 Å². The minimum Gasteiger partial charge on any atom is -0.497 e. The number of ether oxygens (including phenoxy) is 4. The van der Waals surface area contributed by atoms with Gasteiger partial charge in [0.1, 0.15) is 29.3 Å². The van der Waals surface area contributed by atoms with E-state index in [1.165, 1.54) is 18.0 Å². The fraction of sp³-hybridized carbons (Fsp3) is 0.465. The monoisotopic (exact) mass is 839 g/mol. The SMILES string of the molecule is COc1ccc(C(OC[C@H]2O[C@@H](n3ccc(=O)[nH]c3=O)[C@@H](F)[C@H]2OP(OCCSC(=O)C(C)(C)C)N(C(C)C)C(C)C)(c2ccccc2)c2ccc(OC)cc2)cc1. The summed E-state index contributed by atoms with van der Waals surface area (Å²) in [6.45, 7) is 13.5. The molecule has 1 aliphatic rings. The van der Waals surface area contributed by atoms with Crippen LogP contribution in [-0.4, -0.2) is 83.0 Å². The molecule has 3 aromatic carbocycles. The van der Waals surface area contributed by atoms with Gasteiger partial charge in [-0.2, -0.15) is 0 Å². The van der Waals surface area contributed by atoms with E-state index in [9.17, 15) is 14.4 Å². The zero-order valence-corrected chi connectivity index (χ0v) is 36.3. The second-order valence-electron chi connectivity index (χ2n) is 15.4. The molecule has 12 nitrogen and oxygen atoms in total. The van der Waals surface area contributed by atoms with Crippen LogP contribution in [0.5, 0.6) is 11.5 Å². The van der Waals surface area contributed by atoms with Crippen molar-refractivity contribution in [1.82, 2.24) is 14.2 Å². The molecule has 1 N–H and O–H groups in total. The van der Waals surface area contributed by atoms with E-state index >= 15 is 4.39 Å². The normalized spacial score (nSPS) is 19.2. The molecule has 0 spiro atoms. The fourth-order valence-corrected chi connectivity index (χ4v) is 9.46. The van der Waals surface area contributed by atoms with E-state index < -0.39 is 55.4 Å². The van der Waals surface area contributed by atoms with Gasteiger partial charge < -0.3 is 28.0 Å². The summed E-state index contributed by atoms with van der Waals surface area (Å²) in [5, 5.41) is 0.0287. The first-order chi connectivity index (χ1) is 27.6. The number of aromatic amines is 1. The molecule has 5 rings (SSSR count). The van der Waals surface area contributed by atoms with Crippen LogP contribution in [0.25, 0.3) is 0 Å². The highest BCUT2D eigenvalue weighted by Gasteiger charge is 2.51. The number of hydrogen-bond acceptors (Lipinski definition) is 11. The van der Waals surface area contributed by atoms with Crippen LogP contribution in [0.3, 0.4) is 0 Å². The van der Waals surface area contributed by atoms with Crippen LogP contribution in [0.15, 0.2) is 101 Å². The van der Waals surface area contributed by atoms with Gasteiger partial charge in [0.25, 0.3) is 14.1 Å². The number of halogens is 1. The fourth-order valence-electron chi connectivity index (χ4n) is 6.78. The van der Waals surface area contributed by atoms with Gasteiger partial charge in [0.15, 0.2) is 17.5 Å². The van der Waals surface area contributed by atoms with E-state index in [2.05, 4.69) is 4.98 Å². The molecule has 0 radical (unpaired) electrons. The van der Waals surface area contributed by atoms with E-state index in [1.807, 2.05) is 132 Å². The number of nitrogens with zero attached hydrogens (tertiary/aromatic N) is 2. The molecule has 1 aromatic heterocycles. The molecule has 0 amide bonds. The molecule has 58 heavy (non-hydrogen) atoms. The average Bonchev–Trinajstić information content (AvgIpc) is 3.50. The van der Waals surface area contributed by atoms with E-state index in [0.29, 0.717) is 17.3 Å². The molecule has 1 fully saturated rings.